The molecule has 7 heteroatoms. The summed E-state index contributed by atoms with van der Waals surface area (Å²) in [5, 5.41) is 21.2. The summed E-state index contributed by atoms with van der Waals surface area (Å²) in [6.07, 6.45) is 3.08. The minimum Gasteiger partial charge on any atom is -0.497 e. The molecule has 0 aromatic heterocycles. The standard InChI is InChI=1S/C22H28N2O5/c1-28-21-5-3-4-16(12-21)14-23(18-6-9-20(25)10-7-18)15-17-13-19(24(26)27)8-11-22(17)29-2/h3-5,8,11-13,18,20,25H,6-7,9-10,14-15H2,1-2H3. The van der Waals surface area contributed by atoms with Crippen molar-refractivity contribution in [1.29, 1.82) is 0 Å². The summed E-state index contributed by atoms with van der Waals surface area (Å²) in [6, 6.07) is 12.9. The van der Waals surface area contributed by atoms with Crippen LogP contribution in [0.25, 0.3) is 0 Å². The maximum Gasteiger partial charge on any atom is 0.270 e. The summed E-state index contributed by atoms with van der Waals surface area (Å²) >= 11 is 0. The molecule has 2 aromatic carbocycles. The molecule has 1 fully saturated rings. The number of rotatable bonds is 8. The third-order valence-corrected chi connectivity index (χ3v) is 5.55. The molecule has 0 amide bonds. The fourth-order valence-electron chi connectivity index (χ4n) is 3.96. The number of methoxy groups -OCH3 is 2. The lowest BCUT2D eigenvalue weighted by molar-refractivity contribution is -0.385. The third-order valence-electron chi connectivity index (χ3n) is 5.55. The van der Waals surface area contributed by atoms with E-state index in [4.69, 9.17) is 9.47 Å². The number of benzene rings is 2. The van der Waals surface area contributed by atoms with Gasteiger partial charge in [0.05, 0.1) is 25.2 Å². The fourth-order valence-corrected chi connectivity index (χ4v) is 3.96. The van der Waals surface area contributed by atoms with Crippen molar-refractivity contribution in [2.24, 2.45) is 0 Å². The van der Waals surface area contributed by atoms with Gasteiger partial charge in [0.25, 0.3) is 5.69 Å². The molecule has 0 aliphatic heterocycles. The van der Waals surface area contributed by atoms with Gasteiger partial charge in [0.15, 0.2) is 0 Å². The molecule has 3 rings (SSSR count). The third kappa shape index (κ3) is 5.46. The summed E-state index contributed by atoms with van der Waals surface area (Å²) in [6.45, 7) is 1.21. The number of nitrogens with zero attached hydrogens (tertiary/aromatic N) is 2. The van der Waals surface area contributed by atoms with E-state index in [2.05, 4.69) is 11.0 Å². The first-order valence-corrected chi connectivity index (χ1v) is 9.86. The van der Waals surface area contributed by atoms with Gasteiger partial charge in [0.2, 0.25) is 0 Å². The molecule has 0 saturated heterocycles. The average Bonchev–Trinajstić information content (AvgIpc) is 2.74. The van der Waals surface area contributed by atoms with Gasteiger partial charge in [-0.25, -0.2) is 0 Å². The molecule has 0 spiro atoms. The van der Waals surface area contributed by atoms with Crippen LogP contribution in [0.2, 0.25) is 0 Å². The highest BCUT2D eigenvalue weighted by molar-refractivity contribution is 5.44. The van der Waals surface area contributed by atoms with Crippen LogP contribution in [-0.2, 0) is 13.1 Å². The normalized spacial score (nSPS) is 19.2. The Bertz CT molecular complexity index is 834. The van der Waals surface area contributed by atoms with Crippen molar-refractivity contribution < 1.29 is 19.5 Å². The molecule has 0 atom stereocenters. The van der Waals surface area contributed by atoms with E-state index in [1.54, 1.807) is 26.4 Å². The summed E-state index contributed by atoms with van der Waals surface area (Å²) in [5.74, 6) is 1.44. The van der Waals surface area contributed by atoms with Gasteiger partial charge in [-0.05, 0) is 49.4 Å². The predicted octanol–water partition coefficient (Wildman–Crippen LogP) is 3.92. The molecule has 2 aromatic rings. The van der Waals surface area contributed by atoms with Crippen molar-refractivity contribution in [1.82, 2.24) is 4.90 Å². The Morgan fingerprint density at radius 2 is 1.83 bits per heavy atom. The van der Waals surface area contributed by atoms with Gasteiger partial charge in [0.1, 0.15) is 11.5 Å². The van der Waals surface area contributed by atoms with Crippen LogP contribution in [0.15, 0.2) is 42.5 Å². The first-order chi connectivity index (χ1) is 14.0. The molecule has 156 valence electrons. The van der Waals surface area contributed by atoms with E-state index < -0.39 is 0 Å². The molecule has 0 radical (unpaired) electrons. The van der Waals surface area contributed by atoms with E-state index in [0.717, 1.165) is 42.6 Å². The topological polar surface area (TPSA) is 85.1 Å². The highest BCUT2D eigenvalue weighted by Gasteiger charge is 2.26. The van der Waals surface area contributed by atoms with Crippen LogP contribution in [0.5, 0.6) is 11.5 Å². The van der Waals surface area contributed by atoms with Crippen molar-refractivity contribution in [2.75, 3.05) is 14.2 Å². The van der Waals surface area contributed by atoms with Crippen molar-refractivity contribution in [2.45, 2.75) is 50.9 Å². The summed E-state index contributed by atoms with van der Waals surface area (Å²) in [5.41, 5.74) is 1.96. The van der Waals surface area contributed by atoms with Crippen LogP contribution in [0.4, 0.5) is 5.69 Å². The Morgan fingerprint density at radius 1 is 1.07 bits per heavy atom. The molecular weight excluding hydrogens is 372 g/mol. The second kappa shape index (κ2) is 9.71. The van der Waals surface area contributed by atoms with E-state index in [1.165, 1.54) is 6.07 Å². The summed E-state index contributed by atoms with van der Waals surface area (Å²) in [4.78, 5) is 13.2. The number of aliphatic hydroxyl groups excluding tert-OH is 1. The van der Waals surface area contributed by atoms with Gasteiger partial charge in [-0.1, -0.05) is 12.1 Å². The van der Waals surface area contributed by atoms with Crippen LogP contribution in [0, 0.1) is 10.1 Å². The number of aliphatic hydroxyl groups is 1. The number of nitro benzene ring substituents is 1. The van der Waals surface area contributed by atoms with E-state index in [-0.39, 0.29) is 22.8 Å². The van der Waals surface area contributed by atoms with Gasteiger partial charge in [-0.3, -0.25) is 15.0 Å². The lowest BCUT2D eigenvalue weighted by Gasteiger charge is -2.36. The first kappa shape index (κ1) is 21.1. The van der Waals surface area contributed by atoms with Crippen molar-refractivity contribution in [3.63, 3.8) is 0 Å². The lowest BCUT2D eigenvalue weighted by atomic mass is 9.91. The molecule has 29 heavy (non-hydrogen) atoms. The molecule has 1 N–H and O–H groups in total. The highest BCUT2D eigenvalue weighted by atomic mass is 16.6. The van der Waals surface area contributed by atoms with Gasteiger partial charge < -0.3 is 14.6 Å². The highest BCUT2D eigenvalue weighted by Crippen LogP contribution is 2.30. The van der Waals surface area contributed by atoms with Crippen molar-refractivity contribution in [3.05, 3.63) is 63.7 Å². The summed E-state index contributed by atoms with van der Waals surface area (Å²) < 4.78 is 10.8. The molecule has 0 unspecified atom stereocenters. The van der Waals surface area contributed by atoms with E-state index in [1.807, 2.05) is 18.2 Å². The second-order valence-corrected chi connectivity index (χ2v) is 7.47. The molecule has 1 saturated carbocycles. The van der Waals surface area contributed by atoms with Crippen LogP contribution in [0.1, 0.15) is 36.8 Å². The SMILES string of the molecule is COc1cccc(CN(Cc2cc([N+](=O)[O-])ccc2OC)C2CCC(O)CC2)c1. The maximum atomic E-state index is 11.2. The first-order valence-electron chi connectivity index (χ1n) is 9.86. The monoisotopic (exact) mass is 400 g/mol. The summed E-state index contributed by atoms with van der Waals surface area (Å²) in [7, 11) is 3.22. The lowest BCUT2D eigenvalue weighted by Crippen LogP contribution is -2.38. The number of hydrogen-bond acceptors (Lipinski definition) is 6. The van der Waals surface area contributed by atoms with Crippen LogP contribution < -0.4 is 9.47 Å². The number of ether oxygens (including phenoxy) is 2. The van der Waals surface area contributed by atoms with Crippen LogP contribution >= 0.6 is 0 Å². The average molecular weight is 400 g/mol. The van der Waals surface area contributed by atoms with Gasteiger partial charge in [0, 0.05) is 36.8 Å². The zero-order chi connectivity index (χ0) is 20.8. The van der Waals surface area contributed by atoms with Crippen LogP contribution in [0.3, 0.4) is 0 Å². The molecule has 1 aliphatic carbocycles. The Morgan fingerprint density at radius 3 is 2.48 bits per heavy atom. The number of hydrogen-bond donors (Lipinski definition) is 1. The van der Waals surface area contributed by atoms with Gasteiger partial charge in [-0.15, -0.1) is 0 Å². The zero-order valence-corrected chi connectivity index (χ0v) is 16.9. The zero-order valence-electron chi connectivity index (χ0n) is 16.9. The maximum absolute atomic E-state index is 11.2. The van der Waals surface area contributed by atoms with Gasteiger partial charge in [-0.2, -0.15) is 0 Å². The van der Waals surface area contributed by atoms with Crippen LogP contribution in [-0.4, -0.2) is 41.3 Å². The molecule has 0 heterocycles. The number of nitro groups is 1. The minimum absolute atomic E-state index is 0.0567. The predicted molar refractivity (Wildman–Crippen MR) is 110 cm³/mol. The van der Waals surface area contributed by atoms with E-state index >= 15 is 0 Å². The van der Waals surface area contributed by atoms with E-state index in [0.29, 0.717) is 18.8 Å². The Kier molecular flexibility index (Phi) is 7.06. The molecule has 0 bridgehead atoms. The largest absolute Gasteiger partial charge is 0.497 e. The molecule has 7 nitrogen and oxygen atoms in total. The Labute approximate surface area is 171 Å². The smallest absolute Gasteiger partial charge is 0.270 e. The quantitative estimate of drug-likeness (QED) is 0.534. The Balaban J connectivity index is 1.88. The Hall–Kier alpha value is -2.64. The van der Waals surface area contributed by atoms with Crippen molar-refractivity contribution in [3.8, 4) is 11.5 Å². The molecule has 1 aliphatic rings. The van der Waals surface area contributed by atoms with E-state index in [9.17, 15) is 15.2 Å². The number of non-ortho nitro benzene ring substituents is 1. The molecular formula is C22H28N2O5. The minimum atomic E-state index is -0.383. The fraction of sp³-hybridized carbons (Fsp3) is 0.455. The second-order valence-electron chi connectivity index (χ2n) is 7.47. The van der Waals surface area contributed by atoms with Gasteiger partial charge >= 0.3 is 0 Å². The van der Waals surface area contributed by atoms with Crippen molar-refractivity contribution >= 4 is 5.69 Å².